The van der Waals surface area contributed by atoms with Crippen molar-refractivity contribution in [1.29, 1.82) is 0 Å². The number of amides is 2. The van der Waals surface area contributed by atoms with E-state index in [-0.39, 0.29) is 11.2 Å². The molecular weight excluding hydrogens is 290 g/mol. The van der Waals surface area contributed by atoms with E-state index in [1.807, 2.05) is 0 Å². The Bertz CT molecular complexity index is 653. The molecule has 0 bridgehead atoms. The molecule has 100 valence electrons. The number of aromatic amines is 1. The van der Waals surface area contributed by atoms with Crippen LogP contribution in [0, 0.1) is 0 Å². The first kappa shape index (κ1) is 13.4. The number of rotatable bonds is 3. The van der Waals surface area contributed by atoms with Crippen LogP contribution >= 0.6 is 23.1 Å². The third-order valence-corrected chi connectivity index (χ3v) is 3.13. The maximum Gasteiger partial charge on any atom is 0.319 e. The minimum absolute atomic E-state index is 0.143. The third kappa shape index (κ3) is 3.24. The minimum atomic E-state index is -0.476. The zero-order valence-corrected chi connectivity index (χ0v) is 11.4. The van der Waals surface area contributed by atoms with Gasteiger partial charge in [-0.15, -0.1) is 0 Å². The van der Waals surface area contributed by atoms with Crippen LogP contribution in [0.4, 0.5) is 21.2 Å². The topological polar surface area (TPSA) is 98.9 Å². The molecule has 0 aliphatic heterocycles. The normalized spacial score (nSPS) is 10.0. The van der Waals surface area contributed by atoms with Gasteiger partial charge in [0.1, 0.15) is 10.7 Å². The van der Waals surface area contributed by atoms with E-state index in [2.05, 4.69) is 25.3 Å². The van der Waals surface area contributed by atoms with Gasteiger partial charge in [0, 0.05) is 13.2 Å². The molecule has 0 atom stereocenters. The molecule has 2 rings (SSSR count). The number of carbonyl (C=O) groups is 1. The lowest BCUT2D eigenvalue weighted by Crippen LogP contribution is -2.27. The molecule has 0 unspecified atom stereocenters. The Morgan fingerprint density at radius 2 is 2.26 bits per heavy atom. The van der Waals surface area contributed by atoms with Crippen LogP contribution in [0.3, 0.4) is 0 Å². The lowest BCUT2D eigenvalue weighted by atomic mass is 10.4. The summed E-state index contributed by atoms with van der Waals surface area (Å²) in [4.78, 5) is 26.8. The Kier molecular flexibility index (Phi) is 4.03. The molecule has 0 radical (unpaired) electrons. The summed E-state index contributed by atoms with van der Waals surface area (Å²) in [7, 11) is 1.46. The fraction of sp³-hybridized carbons (Fsp3) is 0.100. The van der Waals surface area contributed by atoms with Gasteiger partial charge in [-0.05, 0) is 17.6 Å². The highest BCUT2D eigenvalue weighted by Gasteiger charge is 2.13. The van der Waals surface area contributed by atoms with Gasteiger partial charge in [0.15, 0.2) is 0 Å². The summed E-state index contributed by atoms with van der Waals surface area (Å²) < 4.78 is 2.53. The van der Waals surface area contributed by atoms with E-state index in [0.29, 0.717) is 15.7 Å². The number of aromatic nitrogens is 2. The van der Waals surface area contributed by atoms with Gasteiger partial charge in [-0.3, -0.25) is 14.2 Å². The lowest BCUT2D eigenvalue weighted by Gasteiger charge is -2.06. The highest BCUT2D eigenvalue weighted by molar-refractivity contribution is 7.11. The summed E-state index contributed by atoms with van der Waals surface area (Å²) in [6.45, 7) is 0. The number of carbonyl (C=O) groups excluding carboxylic acids is 1. The predicted octanol–water partition coefficient (Wildman–Crippen LogP) is 1.98. The number of nitrogens with one attached hydrogen (secondary N) is 4. The van der Waals surface area contributed by atoms with Crippen LogP contribution in [0.15, 0.2) is 23.3 Å². The largest absolute Gasteiger partial charge is 0.343 e. The minimum Gasteiger partial charge on any atom is -0.343 e. The van der Waals surface area contributed by atoms with Gasteiger partial charge in [0.25, 0.3) is 5.56 Å². The van der Waals surface area contributed by atoms with Crippen molar-refractivity contribution in [3.05, 3.63) is 33.8 Å². The van der Waals surface area contributed by atoms with E-state index in [4.69, 9.17) is 11.6 Å². The first-order chi connectivity index (χ1) is 9.10. The Balaban J connectivity index is 2.26. The number of H-pyrrole nitrogens is 1. The zero-order valence-electron chi connectivity index (χ0n) is 9.78. The monoisotopic (exact) mass is 299 g/mol. The highest BCUT2D eigenvalue weighted by atomic mass is 35.5. The summed E-state index contributed by atoms with van der Waals surface area (Å²) in [5.74, 6) is 0. The molecule has 0 aliphatic carbocycles. The fourth-order valence-electron chi connectivity index (χ4n) is 1.29. The Morgan fingerprint density at radius 1 is 1.47 bits per heavy atom. The van der Waals surface area contributed by atoms with Crippen LogP contribution in [-0.4, -0.2) is 22.4 Å². The van der Waals surface area contributed by atoms with Gasteiger partial charge in [-0.2, -0.15) is 0 Å². The van der Waals surface area contributed by atoms with E-state index in [1.54, 1.807) is 12.3 Å². The number of hydrogen-bond acceptors (Lipinski definition) is 5. The molecule has 2 heterocycles. The summed E-state index contributed by atoms with van der Waals surface area (Å²) in [6.07, 6.45) is 3.05. The predicted molar refractivity (Wildman–Crippen MR) is 75.5 cm³/mol. The number of nitrogens with zero attached hydrogens (tertiary/aromatic N) is 1. The van der Waals surface area contributed by atoms with Gasteiger partial charge in [0.05, 0.1) is 16.9 Å². The molecule has 4 N–H and O–H groups in total. The average molecular weight is 300 g/mol. The zero-order chi connectivity index (χ0) is 13.8. The molecule has 9 heteroatoms. The number of urea groups is 1. The molecule has 2 aromatic rings. The number of anilines is 3. The van der Waals surface area contributed by atoms with Crippen LogP contribution in [-0.2, 0) is 0 Å². The molecule has 0 aliphatic rings. The van der Waals surface area contributed by atoms with Crippen LogP contribution in [0.25, 0.3) is 0 Å². The van der Waals surface area contributed by atoms with Crippen molar-refractivity contribution in [1.82, 2.24) is 14.7 Å². The van der Waals surface area contributed by atoms with Crippen LogP contribution in [0.1, 0.15) is 0 Å². The van der Waals surface area contributed by atoms with Crippen LogP contribution in [0.2, 0.25) is 5.02 Å². The molecule has 2 aromatic heterocycles. The molecule has 0 saturated carbocycles. The summed E-state index contributed by atoms with van der Waals surface area (Å²) in [5, 5.41) is 8.71. The number of hydrogen-bond donors (Lipinski definition) is 4. The van der Waals surface area contributed by atoms with E-state index in [1.165, 1.54) is 13.2 Å². The maximum absolute atomic E-state index is 11.6. The SMILES string of the molecule is CNC(=O)Nc1c(Nc2cncc(Cl)c2)s[nH]c1=O. The maximum atomic E-state index is 11.6. The van der Waals surface area contributed by atoms with Crippen LogP contribution < -0.4 is 21.5 Å². The molecular formula is C10H10ClN5O2S. The second-order valence-electron chi connectivity index (χ2n) is 3.46. The second-order valence-corrected chi connectivity index (χ2v) is 4.71. The summed E-state index contributed by atoms with van der Waals surface area (Å²) >= 11 is 6.88. The smallest absolute Gasteiger partial charge is 0.319 e. The van der Waals surface area contributed by atoms with Crippen molar-refractivity contribution in [2.24, 2.45) is 0 Å². The number of pyridine rings is 1. The molecule has 0 saturated heterocycles. The Hall–Kier alpha value is -2.06. The molecule has 7 nitrogen and oxygen atoms in total. The summed E-state index contributed by atoms with van der Waals surface area (Å²) in [6, 6.07) is 1.18. The molecule has 2 amide bonds. The van der Waals surface area contributed by atoms with E-state index >= 15 is 0 Å². The fourth-order valence-corrected chi connectivity index (χ4v) is 2.18. The number of halogens is 1. The van der Waals surface area contributed by atoms with Crippen molar-refractivity contribution < 1.29 is 4.79 Å². The first-order valence-electron chi connectivity index (χ1n) is 5.18. The molecule has 0 fully saturated rings. The van der Waals surface area contributed by atoms with Crippen molar-refractivity contribution in [2.75, 3.05) is 17.7 Å². The van der Waals surface area contributed by atoms with Crippen molar-refractivity contribution in [2.45, 2.75) is 0 Å². The van der Waals surface area contributed by atoms with Gasteiger partial charge >= 0.3 is 6.03 Å². The van der Waals surface area contributed by atoms with Gasteiger partial charge < -0.3 is 16.0 Å². The standard InChI is InChI=1S/C10H10ClN5O2S/c1-12-10(18)15-7-8(17)16-19-9(7)14-6-2-5(11)3-13-4-6/h2-4,14H,1H3,(H,16,17)(H2,12,15,18). The van der Waals surface area contributed by atoms with Gasteiger partial charge in [0.2, 0.25) is 0 Å². The third-order valence-electron chi connectivity index (χ3n) is 2.13. The quantitative estimate of drug-likeness (QED) is 0.696. The van der Waals surface area contributed by atoms with E-state index in [9.17, 15) is 9.59 Å². The van der Waals surface area contributed by atoms with Crippen molar-refractivity contribution >= 4 is 45.5 Å². The Morgan fingerprint density at radius 3 is 2.95 bits per heavy atom. The molecule has 19 heavy (non-hydrogen) atoms. The highest BCUT2D eigenvalue weighted by Crippen LogP contribution is 2.26. The first-order valence-corrected chi connectivity index (χ1v) is 6.37. The van der Waals surface area contributed by atoms with Gasteiger partial charge in [-0.25, -0.2) is 4.79 Å². The Labute approximate surface area is 117 Å². The van der Waals surface area contributed by atoms with Crippen molar-refractivity contribution in [3.63, 3.8) is 0 Å². The van der Waals surface area contributed by atoms with Crippen LogP contribution in [0.5, 0.6) is 0 Å². The van der Waals surface area contributed by atoms with Gasteiger partial charge in [-0.1, -0.05) is 11.6 Å². The van der Waals surface area contributed by atoms with E-state index < -0.39 is 6.03 Å². The van der Waals surface area contributed by atoms with Crippen molar-refractivity contribution in [3.8, 4) is 0 Å². The molecule has 0 aromatic carbocycles. The summed E-state index contributed by atoms with van der Waals surface area (Å²) in [5.41, 5.74) is 0.373. The van der Waals surface area contributed by atoms with E-state index in [0.717, 1.165) is 11.5 Å². The average Bonchev–Trinajstić information content (AvgIpc) is 2.71. The lowest BCUT2D eigenvalue weighted by molar-refractivity contribution is 0.254. The molecule has 0 spiro atoms. The second kappa shape index (κ2) is 5.72.